The first-order valence-electron chi connectivity index (χ1n) is 7.73. The van der Waals surface area contributed by atoms with Gasteiger partial charge in [0.2, 0.25) is 0 Å². The Labute approximate surface area is 150 Å². The average Bonchev–Trinajstić information content (AvgIpc) is 2.52. The molecule has 1 N–H and O–H groups in total. The van der Waals surface area contributed by atoms with Gasteiger partial charge in [0.1, 0.15) is 5.82 Å². The van der Waals surface area contributed by atoms with Crippen molar-refractivity contribution in [3.05, 3.63) is 63.4 Å². The van der Waals surface area contributed by atoms with Crippen LogP contribution in [0.2, 0.25) is 5.02 Å². The molecule has 132 valence electrons. The van der Waals surface area contributed by atoms with Crippen LogP contribution < -0.4 is 5.32 Å². The van der Waals surface area contributed by atoms with Crippen molar-refractivity contribution in [2.75, 3.05) is 5.32 Å². The van der Waals surface area contributed by atoms with E-state index in [9.17, 15) is 14.0 Å². The summed E-state index contributed by atoms with van der Waals surface area (Å²) in [6.45, 7) is 7.16. The van der Waals surface area contributed by atoms with Gasteiger partial charge in [-0.1, -0.05) is 29.3 Å². The fourth-order valence-electron chi connectivity index (χ4n) is 2.53. The maximum absolute atomic E-state index is 13.7. The Hall–Kier alpha value is -2.40. The lowest BCUT2D eigenvalue weighted by atomic mass is 10.0. The first kappa shape index (κ1) is 18.9. The minimum absolute atomic E-state index is 0.205. The van der Waals surface area contributed by atoms with Gasteiger partial charge in [-0.15, -0.1) is 0 Å². The summed E-state index contributed by atoms with van der Waals surface area (Å²) in [5.41, 5.74) is 3.27. The highest BCUT2D eigenvalue weighted by atomic mass is 35.5. The van der Waals surface area contributed by atoms with E-state index in [4.69, 9.17) is 16.3 Å². The van der Waals surface area contributed by atoms with E-state index in [2.05, 4.69) is 5.32 Å². The second-order valence-electron chi connectivity index (χ2n) is 5.93. The zero-order valence-corrected chi connectivity index (χ0v) is 15.2. The zero-order chi connectivity index (χ0) is 18.7. The predicted octanol–water partition coefficient (Wildman–Crippen LogP) is 4.59. The standard InChI is InChI=1S/C19H19ClFNO3/c1-10-7-11(2)17(12(3)8-10)22-18(23)13(4)25-19(24)15-9-14(20)5-6-16(15)21/h5-9,13H,1-4H3,(H,22,23)/t13-/m1/s1. The van der Waals surface area contributed by atoms with Crippen LogP contribution in [0.15, 0.2) is 30.3 Å². The van der Waals surface area contributed by atoms with Gasteiger partial charge in [-0.3, -0.25) is 4.79 Å². The van der Waals surface area contributed by atoms with Crippen LogP contribution in [-0.4, -0.2) is 18.0 Å². The van der Waals surface area contributed by atoms with Gasteiger partial charge in [-0.05, 0) is 57.0 Å². The molecule has 0 saturated carbocycles. The van der Waals surface area contributed by atoms with Crippen molar-refractivity contribution < 1.29 is 18.7 Å². The fraction of sp³-hybridized carbons (Fsp3) is 0.263. The molecule has 0 aliphatic rings. The lowest BCUT2D eigenvalue weighted by Crippen LogP contribution is -2.30. The normalized spacial score (nSPS) is 11.8. The van der Waals surface area contributed by atoms with Crippen LogP contribution in [0.3, 0.4) is 0 Å². The highest BCUT2D eigenvalue weighted by Crippen LogP contribution is 2.22. The molecule has 0 aromatic heterocycles. The third kappa shape index (κ3) is 4.57. The van der Waals surface area contributed by atoms with Crippen LogP contribution in [0.1, 0.15) is 34.0 Å². The number of carbonyl (C=O) groups excluding carboxylic acids is 2. The van der Waals surface area contributed by atoms with Gasteiger partial charge in [-0.2, -0.15) is 0 Å². The van der Waals surface area contributed by atoms with Gasteiger partial charge in [0.25, 0.3) is 5.91 Å². The van der Waals surface area contributed by atoms with Crippen LogP contribution in [0.4, 0.5) is 10.1 Å². The number of aryl methyl sites for hydroxylation is 3. The molecule has 0 unspecified atom stereocenters. The maximum Gasteiger partial charge on any atom is 0.341 e. The summed E-state index contributed by atoms with van der Waals surface area (Å²) < 4.78 is 18.8. The number of nitrogens with one attached hydrogen (secondary N) is 1. The molecule has 2 rings (SSSR count). The molecule has 0 saturated heterocycles. The molecule has 4 nitrogen and oxygen atoms in total. The van der Waals surface area contributed by atoms with Crippen LogP contribution in [-0.2, 0) is 9.53 Å². The molecule has 0 aliphatic heterocycles. The summed E-state index contributed by atoms with van der Waals surface area (Å²) in [6, 6.07) is 7.45. The molecule has 6 heteroatoms. The third-order valence-corrected chi connectivity index (χ3v) is 3.96. The number of esters is 1. The van der Waals surface area contributed by atoms with E-state index in [0.717, 1.165) is 28.8 Å². The van der Waals surface area contributed by atoms with E-state index in [0.29, 0.717) is 5.69 Å². The molecule has 2 aromatic carbocycles. The summed E-state index contributed by atoms with van der Waals surface area (Å²) in [7, 11) is 0. The molecule has 25 heavy (non-hydrogen) atoms. The van der Waals surface area contributed by atoms with Crippen LogP contribution in [0, 0.1) is 26.6 Å². The van der Waals surface area contributed by atoms with Crippen molar-refractivity contribution in [1.82, 2.24) is 0 Å². The zero-order valence-electron chi connectivity index (χ0n) is 14.4. The molecular weight excluding hydrogens is 345 g/mol. The van der Waals surface area contributed by atoms with Crippen LogP contribution in [0.5, 0.6) is 0 Å². The molecule has 0 heterocycles. The summed E-state index contributed by atoms with van der Waals surface area (Å²) in [4.78, 5) is 24.4. The summed E-state index contributed by atoms with van der Waals surface area (Å²) in [6.07, 6.45) is -1.09. The van der Waals surface area contributed by atoms with Gasteiger partial charge < -0.3 is 10.1 Å². The van der Waals surface area contributed by atoms with Gasteiger partial charge in [0.05, 0.1) is 5.56 Å². The van der Waals surface area contributed by atoms with Crippen molar-refractivity contribution in [1.29, 1.82) is 0 Å². The number of rotatable bonds is 4. The second kappa shape index (κ2) is 7.66. The Morgan fingerprint density at radius 2 is 1.72 bits per heavy atom. The Bertz CT molecular complexity index is 812. The van der Waals surface area contributed by atoms with Crippen molar-refractivity contribution in [3.8, 4) is 0 Å². The van der Waals surface area contributed by atoms with E-state index in [1.165, 1.54) is 13.0 Å². The minimum Gasteiger partial charge on any atom is -0.449 e. The van der Waals surface area contributed by atoms with E-state index in [-0.39, 0.29) is 10.6 Å². The Kier molecular flexibility index (Phi) is 5.80. The van der Waals surface area contributed by atoms with E-state index in [1.54, 1.807) is 0 Å². The molecule has 0 radical (unpaired) electrons. The molecule has 0 spiro atoms. The Balaban J connectivity index is 2.10. The van der Waals surface area contributed by atoms with Gasteiger partial charge in [0, 0.05) is 10.7 Å². The summed E-state index contributed by atoms with van der Waals surface area (Å²) >= 11 is 5.76. The van der Waals surface area contributed by atoms with Crippen molar-refractivity contribution in [2.45, 2.75) is 33.8 Å². The highest BCUT2D eigenvalue weighted by Gasteiger charge is 2.22. The lowest BCUT2D eigenvalue weighted by molar-refractivity contribution is -0.123. The minimum atomic E-state index is -1.09. The molecule has 1 amide bonds. The first-order valence-corrected chi connectivity index (χ1v) is 8.11. The molecule has 0 fully saturated rings. The molecule has 0 bridgehead atoms. The van der Waals surface area contributed by atoms with E-state index in [1.807, 2.05) is 32.9 Å². The number of benzene rings is 2. The van der Waals surface area contributed by atoms with Crippen molar-refractivity contribution in [3.63, 3.8) is 0 Å². The van der Waals surface area contributed by atoms with Crippen LogP contribution >= 0.6 is 11.6 Å². The van der Waals surface area contributed by atoms with Gasteiger partial charge in [-0.25, -0.2) is 9.18 Å². The third-order valence-electron chi connectivity index (χ3n) is 3.73. The van der Waals surface area contributed by atoms with Crippen molar-refractivity contribution in [2.24, 2.45) is 0 Å². The summed E-state index contributed by atoms with van der Waals surface area (Å²) in [5.74, 6) is -2.20. The number of ether oxygens (including phenoxy) is 1. The fourth-order valence-corrected chi connectivity index (χ4v) is 2.71. The number of carbonyl (C=O) groups is 2. The Morgan fingerprint density at radius 1 is 1.12 bits per heavy atom. The van der Waals surface area contributed by atoms with E-state index >= 15 is 0 Å². The quantitative estimate of drug-likeness (QED) is 0.808. The smallest absolute Gasteiger partial charge is 0.341 e. The molecule has 2 aromatic rings. The second-order valence-corrected chi connectivity index (χ2v) is 6.37. The number of anilines is 1. The number of halogens is 2. The SMILES string of the molecule is Cc1cc(C)c(NC(=O)[C@@H](C)OC(=O)c2cc(Cl)ccc2F)c(C)c1. The van der Waals surface area contributed by atoms with Gasteiger partial charge in [0.15, 0.2) is 6.10 Å². The number of amides is 1. The average molecular weight is 364 g/mol. The number of hydrogen-bond donors (Lipinski definition) is 1. The maximum atomic E-state index is 13.7. The predicted molar refractivity (Wildman–Crippen MR) is 95.6 cm³/mol. The van der Waals surface area contributed by atoms with E-state index < -0.39 is 23.8 Å². The lowest BCUT2D eigenvalue weighted by Gasteiger charge is -2.17. The largest absolute Gasteiger partial charge is 0.449 e. The number of hydrogen-bond acceptors (Lipinski definition) is 3. The Morgan fingerprint density at radius 3 is 2.32 bits per heavy atom. The van der Waals surface area contributed by atoms with Gasteiger partial charge >= 0.3 is 5.97 Å². The molecule has 0 aliphatic carbocycles. The molecular formula is C19H19ClFNO3. The van der Waals surface area contributed by atoms with Crippen molar-refractivity contribution >= 4 is 29.2 Å². The topological polar surface area (TPSA) is 55.4 Å². The molecule has 1 atom stereocenters. The summed E-state index contributed by atoms with van der Waals surface area (Å²) in [5, 5.41) is 2.96. The monoisotopic (exact) mass is 363 g/mol. The van der Waals surface area contributed by atoms with Crippen LogP contribution in [0.25, 0.3) is 0 Å². The highest BCUT2D eigenvalue weighted by molar-refractivity contribution is 6.30. The first-order chi connectivity index (χ1) is 11.7.